The molecule has 0 aromatic heterocycles. The van der Waals surface area contributed by atoms with Crippen molar-refractivity contribution in [1.29, 1.82) is 0 Å². The SMILES string of the molecule is CSCC(C)CNC(=O)NC1(CC(=O)O)CCCCC1. The number of aliphatic carboxylic acids is 1. The molecule has 0 aromatic rings. The highest BCUT2D eigenvalue weighted by Gasteiger charge is 2.35. The van der Waals surface area contributed by atoms with Gasteiger partial charge < -0.3 is 15.7 Å². The monoisotopic (exact) mass is 302 g/mol. The van der Waals surface area contributed by atoms with Crippen LogP contribution < -0.4 is 10.6 Å². The molecule has 1 aliphatic rings. The van der Waals surface area contributed by atoms with Crippen LogP contribution in [0.1, 0.15) is 45.4 Å². The van der Waals surface area contributed by atoms with E-state index in [9.17, 15) is 9.59 Å². The first-order valence-corrected chi connectivity index (χ1v) is 8.63. The Labute approximate surface area is 125 Å². The molecule has 5 nitrogen and oxygen atoms in total. The molecule has 6 heteroatoms. The molecule has 1 aliphatic carbocycles. The van der Waals surface area contributed by atoms with Crippen molar-refractivity contribution in [2.24, 2.45) is 5.92 Å². The van der Waals surface area contributed by atoms with E-state index in [0.717, 1.165) is 37.9 Å². The molecule has 0 bridgehead atoms. The molecule has 0 aromatic carbocycles. The first-order chi connectivity index (χ1) is 9.47. The lowest BCUT2D eigenvalue weighted by atomic mass is 9.79. The van der Waals surface area contributed by atoms with E-state index in [1.807, 2.05) is 6.26 Å². The van der Waals surface area contributed by atoms with Crippen LogP contribution in [0.5, 0.6) is 0 Å². The van der Waals surface area contributed by atoms with Crippen LogP contribution in [0.4, 0.5) is 4.79 Å². The fourth-order valence-electron chi connectivity index (χ4n) is 2.76. The summed E-state index contributed by atoms with van der Waals surface area (Å²) in [5.41, 5.74) is -0.559. The van der Waals surface area contributed by atoms with Crippen LogP contribution in [-0.4, -0.2) is 41.2 Å². The van der Waals surface area contributed by atoms with Crippen LogP contribution in [0, 0.1) is 5.92 Å². The molecular formula is C14H26N2O3S. The second kappa shape index (κ2) is 8.39. The lowest BCUT2D eigenvalue weighted by molar-refractivity contribution is -0.139. The molecular weight excluding hydrogens is 276 g/mol. The van der Waals surface area contributed by atoms with Gasteiger partial charge in [-0.1, -0.05) is 26.2 Å². The molecule has 0 heterocycles. The first kappa shape index (κ1) is 17.1. The normalized spacial score (nSPS) is 19.1. The van der Waals surface area contributed by atoms with E-state index >= 15 is 0 Å². The fraction of sp³-hybridized carbons (Fsp3) is 0.857. The fourth-order valence-corrected chi connectivity index (χ4v) is 3.45. The second-order valence-corrected chi connectivity index (χ2v) is 6.72. The maximum absolute atomic E-state index is 12.0. The zero-order valence-electron chi connectivity index (χ0n) is 12.4. The molecule has 1 atom stereocenters. The summed E-state index contributed by atoms with van der Waals surface area (Å²) in [6.45, 7) is 2.71. The summed E-state index contributed by atoms with van der Waals surface area (Å²) in [5, 5.41) is 14.8. The summed E-state index contributed by atoms with van der Waals surface area (Å²) in [5.74, 6) is 0.570. The molecule has 1 rings (SSSR count). The molecule has 1 unspecified atom stereocenters. The van der Waals surface area contributed by atoms with Gasteiger partial charge in [0, 0.05) is 6.54 Å². The minimum atomic E-state index is -0.844. The topological polar surface area (TPSA) is 78.4 Å². The van der Waals surface area contributed by atoms with Gasteiger partial charge in [0.15, 0.2) is 0 Å². The molecule has 1 fully saturated rings. The van der Waals surface area contributed by atoms with E-state index in [-0.39, 0.29) is 12.5 Å². The summed E-state index contributed by atoms with van der Waals surface area (Å²) >= 11 is 1.76. The number of amides is 2. The highest BCUT2D eigenvalue weighted by Crippen LogP contribution is 2.31. The minimum absolute atomic E-state index is 0.0147. The molecule has 116 valence electrons. The number of hydrogen-bond acceptors (Lipinski definition) is 3. The molecule has 0 aliphatic heterocycles. The van der Waals surface area contributed by atoms with Crippen molar-refractivity contribution in [3.05, 3.63) is 0 Å². The van der Waals surface area contributed by atoms with Gasteiger partial charge in [0.2, 0.25) is 0 Å². The highest BCUT2D eigenvalue weighted by molar-refractivity contribution is 7.98. The molecule has 0 saturated heterocycles. The smallest absolute Gasteiger partial charge is 0.315 e. The molecule has 0 radical (unpaired) electrons. The van der Waals surface area contributed by atoms with E-state index in [0.29, 0.717) is 12.5 Å². The lowest BCUT2D eigenvalue weighted by Gasteiger charge is -2.37. The van der Waals surface area contributed by atoms with Gasteiger partial charge in [0.05, 0.1) is 12.0 Å². The molecule has 0 spiro atoms. The van der Waals surface area contributed by atoms with Crippen molar-refractivity contribution in [3.8, 4) is 0 Å². The molecule has 2 amide bonds. The van der Waals surface area contributed by atoms with Crippen LogP contribution in [0.15, 0.2) is 0 Å². The van der Waals surface area contributed by atoms with Crippen LogP contribution in [0.2, 0.25) is 0 Å². The van der Waals surface area contributed by atoms with Gasteiger partial charge in [0.1, 0.15) is 0 Å². The zero-order chi connectivity index (χ0) is 15.0. The number of hydrogen-bond donors (Lipinski definition) is 3. The Morgan fingerprint density at radius 1 is 1.30 bits per heavy atom. The van der Waals surface area contributed by atoms with Gasteiger partial charge in [-0.2, -0.15) is 11.8 Å². The number of thioether (sulfide) groups is 1. The summed E-state index contributed by atoms with van der Waals surface area (Å²) in [4.78, 5) is 23.0. The van der Waals surface area contributed by atoms with Gasteiger partial charge in [-0.15, -0.1) is 0 Å². The lowest BCUT2D eigenvalue weighted by Crippen LogP contribution is -2.54. The third-order valence-electron chi connectivity index (χ3n) is 3.74. The first-order valence-electron chi connectivity index (χ1n) is 7.24. The largest absolute Gasteiger partial charge is 0.481 e. The van der Waals surface area contributed by atoms with Gasteiger partial charge in [0.25, 0.3) is 0 Å². The van der Waals surface area contributed by atoms with Crippen molar-refractivity contribution in [3.63, 3.8) is 0 Å². The number of urea groups is 1. The van der Waals surface area contributed by atoms with Gasteiger partial charge >= 0.3 is 12.0 Å². The summed E-state index contributed by atoms with van der Waals surface area (Å²) < 4.78 is 0. The summed E-state index contributed by atoms with van der Waals surface area (Å²) in [6.07, 6.45) is 6.66. The number of carbonyl (C=O) groups is 2. The van der Waals surface area contributed by atoms with Gasteiger partial charge in [-0.25, -0.2) is 4.79 Å². The third kappa shape index (κ3) is 6.03. The standard InChI is InChI=1S/C14H26N2O3S/c1-11(10-20-2)9-15-13(19)16-14(8-12(17)18)6-4-3-5-7-14/h11H,3-10H2,1-2H3,(H,17,18)(H2,15,16,19). The Balaban J connectivity index is 2.47. The van der Waals surface area contributed by atoms with E-state index in [4.69, 9.17) is 5.11 Å². The van der Waals surface area contributed by atoms with Crippen molar-refractivity contribution < 1.29 is 14.7 Å². The van der Waals surface area contributed by atoms with Crippen molar-refractivity contribution in [2.75, 3.05) is 18.6 Å². The van der Waals surface area contributed by atoms with Crippen LogP contribution in [0.3, 0.4) is 0 Å². The predicted octanol–water partition coefficient (Wildman–Crippen LogP) is 2.46. The third-order valence-corrected chi connectivity index (χ3v) is 4.64. The van der Waals surface area contributed by atoms with E-state index < -0.39 is 11.5 Å². The van der Waals surface area contributed by atoms with Crippen LogP contribution in [0.25, 0.3) is 0 Å². The predicted molar refractivity (Wildman–Crippen MR) is 82.1 cm³/mol. The average molecular weight is 302 g/mol. The van der Waals surface area contributed by atoms with E-state index in [1.54, 1.807) is 11.8 Å². The second-order valence-electron chi connectivity index (χ2n) is 5.81. The van der Waals surface area contributed by atoms with Crippen molar-refractivity contribution >= 4 is 23.8 Å². The Bertz CT molecular complexity index is 330. The highest BCUT2D eigenvalue weighted by atomic mass is 32.2. The van der Waals surface area contributed by atoms with Crippen molar-refractivity contribution in [2.45, 2.75) is 51.0 Å². The number of carboxylic acids is 1. The Hall–Kier alpha value is -0.910. The number of nitrogens with one attached hydrogen (secondary N) is 2. The molecule has 3 N–H and O–H groups in total. The van der Waals surface area contributed by atoms with Crippen LogP contribution >= 0.6 is 11.8 Å². The van der Waals surface area contributed by atoms with Crippen molar-refractivity contribution in [1.82, 2.24) is 10.6 Å². The molecule has 20 heavy (non-hydrogen) atoms. The maximum atomic E-state index is 12.0. The summed E-state index contributed by atoms with van der Waals surface area (Å²) in [6, 6.07) is -0.235. The Kier molecular flexibility index (Phi) is 7.19. The van der Waals surface area contributed by atoms with E-state index in [1.165, 1.54) is 0 Å². The van der Waals surface area contributed by atoms with Crippen LogP contribution in [-0.2, 0) is 4.79 Å². The Morgan fingerprint density at radius 2 is 1.95 bits per heavy atom. The quantitative estimate of drug-likeness (QED) is 0.675. The van der Waals surface area contributed by atoms with Gasteiger partial charge in [-0.05, 0) is 30.8 Å². The molecule has 1 saturated carbocycles. The zero-order valence-corrected chi connectivity index (χ0v) is 13.2. The van der Waals surface area contributed by atoms with E-state index in [2.05, 4.69) is 17.6 Å². The summed E-state index contributed by atoms with van der Waals surface area (Å²) in [7, 11) is 0. The number of carboxylic acid groups (broad SMARTS) is 1. The number of carbonyl (C=O) groups excluding carboxylic acids is 1. The van der Waals surface area contributed by atoms with Gasteiger partial charge in [-0.3, -0.25) is 4.79 Å². The number of rotatable bonds is 7. The minimum Gasteiger partial charge on any atom is -0.481 e. The maximum Gasteiger partial charge on any atom is 0.315 e. The average Bonchev–Trinajstić information content (AvgIpc) is 2.36. The Morgan fingerprint density at radius 3 is 2.50 bits per heavy atom.